The zero-order valence-corrected chi connectivity index (χ0v) is 19.1. The van der Waals surface area contributed by atoms with Crippen LogP contribution in [0.1, 0.15) is 25.0 Å². The van der Waals surface area contributed by atoms with Crippen LogP contribution in [0.3, 0.4) is 0 Å². The largest absolute Gasteiger partial charge is 0.302 e. The Bertz CT molecular complexity index is 1080. The van der Waals surface area contributed by atoms with Crippen molar-refractivity contribution in [3.63, 3.8) is 0 Å². The Morgan fingerprint density at radius 2 is 1.87 bits per heavy atom. The van der Waals surface area contributed by atoms with Crippen molar-refractivity contribution in [2.45, 2.75) is 32.5 Å². The van der Waals surface area contributed by atoms with Gasteiger partial charge >= 0.3 is 0 Å². The minimum absolute atomic E-state index is 0.171. The van der Waals surface area contributed by atoms with Crippen LogP contribution >= 0.6 is 35.0 Å². The second kappa shape index (κ2) is 10.1. The first-order valence-electron chi connectivity index (χ1n) is 9.30. The summed E-state index contributed by atoms with van der Waals surface area (Å²) in [6, 6.07) is 13.3. The van der Waals surface area contributed by atoms with E-state index in [1.807, 2.05) is 42.7 Å². The smallest absolute Gasteiger partial charge is 0.250 e. The summed E-state index contributed by atoms with van der Waals surface area (Å²) in [7, 11) is 0. The zero-order valence-electron chi connectivity index (χ0n) is 16.8. The first-order valence-corrected chi connectivity index (χ1v) is 11.0. The van der Waals surface area contributed by atoms with Crippen molar-refractivity contribution in [3.8, 4) is 11.4 Å². The summed E-state index contributed by atoms with van der Waals surface area (Å²) in [4.78, 5) is 12.2. The van der Waals surface area contributed by atoms with Crippen LogP contribution in [0.15, 0.2) is 52.7 Å². The van der Waals surface area contributed by atoms with Gasteiger partial charge in [0, 0.05) is 12.1 Å². The van der Waals surface area contributed by atoms with E-state index in [2.05, 4.69) is 20.7 Å². The number of hydrogen-bond acceptors (Lipinski definition) is 5. The van der Waals surface area contributed by atoms with Crippen LogP contribution in [-0.2, 0) is 11.3 Å². The quantitative estimate of drug-likeness (QED) is 0.297. The predicted molar refractivity (Wildman–Crippen MR) is 123 cm³/mol. The lowest BCUT2D eigenvalue weighted by Crippen LogP contribution is -2.21. The highest BCUT2D eigenvalue weighted by Gasteiger charge is 2.14. The van der Waals surface area contributed by atoms with Gasteiger partial charge in [0.2, 0.25) is 0 Å². The maximum absolute atomic E-state index is 12.2. The fraction of sp³-hybridized carbons (Fsp3) is 0.238. The number of aromatic nitrogens is 3. The number of amides is 1. The molecule has 1 aromatic heterocycles. The standard InChI is InChI=1S/C21H21Cl2N5OS/c1-4-28-20(15-7-5-13(2)6-8-15)26-27-21(28)30-12-19(29)25-24-14(3)16-9-10-17(22)18(23)11-16/h5-11H,4,12H2,1-3H3,(H,25,29)/b24-14-. The van der Waals surface area contributed by atoms with Gasteiger partial charge < -0.3 is 4.57 Å². The van der Waals surface area contributed by atoms with Crippen molar-refractivity contribution in [2.75, 3.05) is 5.75 Å². The van der Waals surface area contributed by atoms with E-state index in [1.165, 1.54) is 17.3 Å². The van der Waals surface area contributed by atoms with Crippen molar-refractivity contribution in [1.29, 1.82) is 0 Å². The average Bonchev–Trinajstić information content (AvgIpc) is 3.15. The Morgan fingerprint density at radius 1 is 1.13 bits per heavy atom. The molecule has 0 atom stereocenters. The van der Waals surface area contributed by atoms with Gasteiger partial charge in [-0.1, -0.05) is 70.9 Å². The molecule has 0 radical (unpaired) electrons. The monoisotopic (exact) mass is 461 g/mol. The number of aryl methyl sites for hydroxylation is 1. The minimum atomic E-state index is -0.234. The molecule has 30 heavy (non-hydrogen) atoms. The van der Waals surface area contributed by atoms with Gasteiger partial charge in [0.05, 0.1) is 21.5 Å². The Hall–Kier alpha value is -2.35. The lowest BCUT2D eigenvalue weighted by Gasteiger charge is -2.07. The lowest BCUT2D eigenvalue weighted by atomic mass is 10.1. The van der Waals surface area contributed by atoms with E-state index in [9.17, 15) is 4.79 Å². The molecule has 0 unspecified atom stereocenters. The van der Waals surface area contributed by atoms with Gasteiger partial charge in [-0.15, -0.1) is 10.2 Å². The van der Waals surface area contributed by atoms with Crippen LogP contribution < -0.4 is 5.43 Å². The number of hydrazone groups is 1. The van der Waals surface area contributed by atoms with Crippen molar-refractivity contribution in [2.24, 2.45) is 5.10 Å². The summed E-state index contributed by atoms with van der Waals surface area (Å²) in [5, 5.41) is 14.3. The maximum atomic E-state index is 12.2. The Kier molecular flexibility index (Phi) is 7.53. The van der Waals surface area contributed by atoms with Crippen molar-refractivity contribution in [1.82, 2.24) is 20.2 Å². The number of benzene rings is 2. The van der Waals surface area contributed by atoms with Gasteiger partial charge in [0.15, 0.2) is 11.0 Å². The lowest BCUT2D eigenvalue weighted by molar-refractivity contribution is -0.118. The Balaban J connectivity index is 1.63. The number of carbonyl (C=O) groups is 1. The highest BCUT2D eigenvalue weighted by atomic mass is 35.5. The van der Waals surface area contributed by atoms with Gasteiger partial charge in [-0.05, 0) is 38.5 Å². The van der Waals surface area contributed by atoms with E-state index >= 15 is 0 Å². The van der Waals surface area contributed by atoms with E-state index in [0.717, 1.165) is 17.0 Å². The molecule has 0 aliphatic carbocycles. The maximum Gasteiger partial charge on any atom is 0.250 e. The second-order valence-electron chi connectivity index (χ2n) is 6.57. The molecule has 0 aliphatic heterocycles. The number of halogens is 2. The summed E-state index contributed by atoms with van der Waals surface area (Å²) in [6.07, 6.45) is 0. The summed E-state index contributed by atoms with van der Waals surface area (Å²) >= 11 is 13.3. The molecule has 2 aromatic carbocycles. The van der Waals surface area contributed by atoms with E-state index in [4.69, 9.17) is 23.2 Å². The summed E-state index contributed by atoms with van der Waals surface area (Å²) in [6.45, 7) is 6.55. The summed E-state index contributed by atoms with van der Waals surface area (Å²) < 4.78 is 1.99. The third-order valence-electron chi connectivity index (χ3n) is 4.36. The minimum Gasteiger partial charge on any atom is -0.302 e. The molecule has 0 bridgehead atoms. The number of thioether (sulfide) groups is 1. The van der Waals surface area contributed by atoms with E-state index in [1.54, 1.807) is 25.1 Å². The first-order chi connectivity index (χ1) is 14.4. The molecule has 156 valence electrons. The highest BCUT2D eigenvalue weighted by Crippen LogP contribution is 2.24. The predicted octanol–water partition coefficient (Wildman–Crippen LogP) is 5.21. The van der Waals surface area contributed by atoms with Crippen LogP contribution in [0, 0.1) is 6.92 Å². The summed E-state index contributed by atoms with van der Waals surface area (Å²) in [5.41, 5.74) is 6.15. The molecule has 6 nitrogen and oxygen atoms in total. The van der Waals surface area contributed by atoms with Crippen molar-refractivity contribution >= 4 is 46.6 Å². The second-order valence-corrected chi connectivity index (χ2v) is 8.32. The van der Waals surface area contributed by atoms with Crippen LogP contribution in [0.4, 0.5) is 0 Å². The molecule has 0 saturated heterocycles. The zero-order chi connectivity index (χ0) is 21.7. The fourth-order valence-corrected chi connectivity index (χ4v) is 3.78. The van der Waals surface area contributed by atoms with Crippen LogP contribution in [0.25, 0.3) is 11.4 Å². The van der Waals surface area contributed by atoms with Crippen LogP contribution in [0.2, 0.25) is 10.0 Å². The molecule has 0 saturated carbocycles. The Labute approximate surface area is 189 Å². The van der Waals surface area contributed by atoms with Gasteiger partial charge in [-0.2, -0.15) is 5.10 Å². The number of carbonyl (C=O) groups excluding carboxylic acids is 1. The molecule has 1 amide bonds. The topological polar surface area (TPSA) is 72.2 Å². The average molecular weight is 462 g/mol. The summed E-state index contributed by atoms with van der Waals surface area (Å²) in [5.74, 6) is 0.723. The van der Waals surface area contributed by atoms with Crippen molar-refractivity contribution in [3.05, 3.63) is 63.6 Å². The Morgan fingerprint density at radius 3 is 2.53 bits per heavy atom. The first kappa shape index (κ1) is 22.3. The van der Waals surface area contributed by atoms with Crippen LogP contribution in [0.5, 0.6) is 0 Å². The highest BCUT2D eigenvalue weighted by molar-refractivity contribution is 7.99. The molecule has 1 N–H and O–H groups in total. The molecular weight excluding hydrogens is 441 g/mol. The fourth-order valence-electron chi connectivity index (χ4n) is 2.69. The number of hydrogen-bond donors (Lipinski definition) is 1. The molecule has 3 aromatic rings. The SMILES string of the molecule is CCn1c(SCC(=O)N/N=C(/C)c2ccc(Cl)c(Cl)c2)nnc1-c1ccc(C)cc1. The molecule has 0 spiro atoms. The molecule has 9 heteroatoms. The molecule has 3 rings (SSSR count). The number of nitrogens with one attached hydrogen (secondary N) is 1. The van der Waals surface area contributed by atoms with E-state index < -0.39 is 0 Å². The van der Waals surface area contributed by atoms with Gasteiger partial charge in [-0.25, -0.2) is 5.43 Å². The normalized spacial score (nSPS) is 11.6. The van der Waals surface area contributed by atoms with E-state index in [0.29, 0.717) is 27.5 Å². The van der Waals surface area contributed by atoms with Crippen LogP contribution in [-0.4, -0.2) is 32.1 Å². The van der Waals surface area contributed by atoms with Crippen molar-refractivity contribution < 1.29 is 4.79 Å². The molecule has 0 aliphatic rings. The molecule has 0 fully saturated rings. The number of rotatable bonds is 7. The third kappa shape index (κ3) is 5.41. The van der Waals surface area contributed by atoms with Gasteiger partial charge in [0.25, 0.3) is 5.91 Å². The van der Waals surface area contributed by atoms with E-state index in [-0.39, 0.29) is 11.7 Å². The van der Waals surface area contributed by atoms with Gasteiger partial charge in [-0.3, -0.25) is 4.79 Å². The number of nitrogens with zero attached hydrogens (tertiary/aromatic N) is 4. The van der Waals surface area contributed by atoms with Gasteiger partial charge in [0.1, 0.15) is 0 Å². The third-order valence-corrected chi connectivity index (χ3v) is 6.07. The molecular formula is C21H21Cl2N5OS. The molecule has 1 heterocycles.